The summed E-state index contributed by atoms with van der Waals surface area (Å²) in [5.41, 5.74) is 0. The average Bonchev–Trinajstić information content (AvgIpc) is 2.92. The van der Waals surface area contributed by atoms with Crippen LogP contribution in [0, 0.1) is 17.8 Å². The van der Waals surface area contributed by atoms with Gasteiger partial charge in [0.2, 0.25) is 0 Å². The number of carbonyl (C=O) groups is 1. The smallest absolute Gasteiger partial charge is 0.163 e. The Hall–Kier alpha value is -0.410. The number of hydrogen-bond acceptors (Lipinski definition) is 3. The van der Waals surface area contributed by atoms with Crippen LogP contribution in [0.3, 0.4) is 0 Å². The Morgan fingerprint density at radius 1 is 1.31 bits per heavy atom. The van der Waals surface area contributed by atoms with Crippen LogP contribution in [0.4, 0.5) is 0 Å². The Morgan fingerprint density at radius 2 is 2.25 bits per heavy atom. The summed E-state index contributed by atoms with van der Waals surface area (Å²) in [6.07, 6.45) is 6.09. The fourth-order valence-electron chi connectivity index (χ4n) is 3.79. The van der Waals surface area contributed by atoms with Gasteiger partial charge in [0.25, 0.3) is 0 Å². The Morgan fingerprint density at radius 3 is 2.88 bits per heavy atom. The second kappa shape index (κ2) is 4.46. The van der Waals surface area contributed by atoms with Gasteiger partial charge in [0.05, 0.1) is 6.61 Å². The first-order valence-corrected chi connectivity index (χ1v) is 6.68. The van der Waals surface area contributed by atoms with Crippen molar-refractivity contribution in [3.8, 4) is 0 Å². The normalized spacial score (nSPS) is 42.5. The van der Waals surface area contributed by atoms with Crippen LogP contribution in [0.25, 0.3) is 0 Å². The lowest BCUT2D eigenvalue weighted by molar-refractivity contribution is -0.133. The van der Waals surface area contributed by atoms with E-state index in [-0.39, 0.29) is 6.10 Å². The van der Waals surface area contributed by atoms with Gasteiger partial charge in [-0.05, 0) is 37.0 Å². The second-order valence-electron chi connectivity index (χ2n) is 5.67. The van der Waals surface area contributed by atoms with Crippen molar-refractivity contribution in [2.24, 2.45) is 17.8 Å². The van der Waals surface area contributed by atoms with Crippen molar-refractivity contribution >= 4 is 5.78 Å². The van der Waals surface area contributed by atoms with Gasteiger partial charge in [0.15, 0.2) is 5.78 Å². The van der Waals surface area contributed by atoms with Crippen LogP contribution in [0.15, 0.2) is 0 Å². The van der Waals surface area contributed by atoms with Crippen molar-refractivity contribution < 1.29 is 9.53 Å². The molecular weight excluding hydrogens is 202 g/mol. The number of ketones is 1. The SMILES string of the molecule is O=C(CC1CC2CCC1C2)C1CNCCO1. The quantitative estimate of drug-likeness (QED) is 0.785. The average molecular weight is 223 g/mol. The summed E-state index contributed by atoms with van der Waals surface area (Å²) >= 11 is 0. The van der Waals surface area contributed by atoms with Crippen molar-refractivity contribution in [3.05, 3.63) is 0 Å². The van der Waals surface area contributed by atoms with E-state index in [1.165, 1.54) is 25.7 Å². The molecule has 1 aliphatic heterocycles. The molecule has 0 amide bonds. The van der Waals surface area contributed by atoms with Crippen molar-refractivity contribution in [3.63, 3.8) is 0 Å². The number of carbonyl (C=O) groups excluding carboxylic acids is 1. The molecule has 3 nitrogen and oxygen atoms in total. The molecule has 4 unspecified atom stereocenters. The monoisotopic (exact) mass is 223 g/mol. The van der Waals surface area contributed by atoms with E-state index < -0.39 is 0 Å². The van der Waals surface area contributed by atoms with E-state index in [9.17, 15) is 4.79 Å². The molecule has 1 heterocycles. The van der Waals surface area contributed by atoms with Crippen LogP contribution in [0.5, 0.6) is 0 Å². The summed E-state index contributed by atoms with van der Waals surface area (Å²) in [5, 5.41) is 3.23. The molecule has 2 bridgehead atoms. The van der Waals surface area contributed by atoms with E-state index in [1.54, 1.807) is 0 Å². The van der Waals surface area contributed by atoms with Gasteiger partial charge in [0, 0.05) is 19.5 Å². The summed E-state index contributed by atoms with van der Waals surface area (Å²) < 4.78 is 5.52. The fraction of sp³-hybridized carbons (Fsp3) is 0.923. The summed E-state index contributed by atoms with van der Waals surface area (Å²) in [6.45, 7) is 2.30. The number of hydrogen-bond donors (Lipinski definition) is 1. The molecule has 16 heavy (non-hydrogen) atoms. The Balaban J connectivity index is 1.52. The third-order valence-corrected chi connectivity index (χ3v) is 4.63. The topological polar surface area (TPSA) is 38.3 Å². The van der Waals surface area contributed by atoms with Crippen LogP contribution in [-0.4, -0.2) is 31.6 Å². The van der Waals surface area contributed by atoms with Gasteiger partial charge in [-0.3, -0.25) is 4.79 Å². The number of ether oxygens (including phenoxy) is 1. The highest BCUT2D eigenvalue weighted by molar-refractivity contribution is 5.83. The number of fused-ring (bicyclic) bond motifs is 2. The van der Waals surface area contributed by atoms with Crippen molar-refractivity contribution in [1.29, 1.82) is 0 Å². The first-order chi connectivity index (χ1) is 7.83. The molecule has 3 fully saturated rings. The minimum Gasteiger partial charge on any atom is -0.368 e. The Labute approximate surface area is 96.9 Å². The highest BCUT2D eigenvalue weighted by Gasteiger charge is 2.40. The van der Waals surface area contributed by atoms with Gasteiger partial charge in [-0.15, -0.1) is 0 Å². The molecule has 3 aliphatic rings. The molecule has 1 saturated heterocycles. The third-order valence-electron chi connectivity index (χ3n) is 4.63. The third kappa shape index (κ3) is 2.03. The lowest BCUT2D eigenvalue weighted by Gasteiger charge is -2.26. The van der Waals surface area contributed by atoms with Gasteiger partial charge in [-0.1, -0.05) is 6.42 Å². The molecule has 2 saturated carbocycles. The van der Waals surface area contributed by atoms with Gasteiger partial charge in [-0.25, -0.2) is 0 Å². The molecule has 3 rings (SSSR count). The second-order valence-corrected chi connectivity index (χ2v) is 5.67. The van der Waals surface area contributed by atoms with Crippen LogP contribution >= 0.6 is 0 Å². The first-order valence-electron chi connectivity index (χ1n) is 6.68. The van der Waals surface area contributed by atoms with E-state index >= 15 is 0 Å². The highest BCUT2D eigenvalue weighted by Crippen LogP contribution is 2.49. The van der Waals surface area contributed by atoms with Crippen LogP contribution in [0.1, 0.15) is 32.1 Å². The molecule has 0 spiro atoms. The standard InChI is InChI=1S/C13H21NO2/c15-12(13-8-14-3-4-16-13)7-11-6-9-1-2-10(11)5-9/h9-11,13-14H,1-8H2. The van der Waals surface area contributed by atoms with Gasteiger partial charge >= 0.3 is 0 Å². The zero-order valence-electron chi connectivity index (χ0n) is 9.78. The first kappa shape index (κ1) is 10.7. The minimum atomic E-state index is -0.159. The maximum atomic E-state index is 12.1. The maximum absolute atomic E-state index is 12.1. The predicted molar refractivity (Wildman–Crippen MR) is 61.2 cm³/mol. The van der Waals surface area contributed by atoms with E-state index in [0.29, 0.717) is 18.3 Å². The molecule has 0 aromatic carbocycles. The molecule has 4 atom stereocenters. The van der Waals surface area contributed by atoms with Crippen LogP contribution in [-0.2, 0) is 9.53 Å². The zero-order valence-corrected chi connectivity index (χ0v) is 9.78. The molecule has 0 aromatic rings. The number of rotatable bonds is 3. The predicted octanol–water partition coefficient (Wildman–Crippen LogP) is 1.37. The van der Waals surface area contributed by atoms with E-state index in [0.717, 1.165) is 31.3 Å². The van der Waals surface area contributed by atoms with Crippen LogP contribution in [0.2, 0.25) is 0 Å². The van der Waals surface area contributed by atoms with Crippen molar-refractivity contribution in [1.82, 2.24) is 5.32 Å². The molecule has 1 N–H and O–H groups in total. The summed E-state index contributed by atoms with van der Waals surface area (Å²) in [5.74, 6) is 2.81. The lowest BCUT2D eigenvalue weighted by atomic mass is 9.84. The minimum absolute atomic E-state index is 0.159. The molecule has 2 aliphatic carbocycles. The summed E-state index contributed by atoms with van der Waals surface area (Å²) in [4.78, 5) is 12.1. The van der Waals surface area contributed by atoms with Crippen molar-refractivity contribution in [2.75, 3.05) is 19.7 Å². The van der Waals surface area contributed by atoms with Crippen molar-refractivity contribution in [2.45, 2.75) is 38.2 Å². The number of morpholine rings is 1. The van der Waals surface area contributed by atoms with Gasteiger partial charge < -0.3 is 10.1 Å². The molecule has 0 aromatic heterocycles. The van der Waals surface area contributed by atoms with Gasteiger partial charge in [0.1, 0.15) is 6.10 Å². The summed E-state index contributed by atoms with van der Waals surface area (Å²) in [6, 6.07) is 0. The highest BCUT2D eigenvalue weighted by atomic mass is 16.5. The zero-order chi connectivity index (χ0) is 11.0. The van der Waals surface area contributed by atoms with E-state index in [1.807, 2.05) is 0 Å². The summed E-state index contributed by atoms with van der Waals surface area (Å²) in [7, 11) is 0. The lowest BCUT2D eigenvalue weighted by Crippen LogP contribution is -2.43. The van der Waals surface area contributed by atoms with Gasteiger partial charge in [-0.2, -0.15) is 0 Å². The van der Waals surface area contributed by atoms with E-state index in [2.05, 4.69) is 5.32 Å². The van der Waals surface area contributed by atoms with Crippen LogP contribution < -0.4 is 5.32 Å². The Kier molecular flexibility index (Phi) is 2.99. The molecule has 0 radical (unpaired) electrons. The fourth-order valence-corrected chi connectivity index (χ4v) is 3.79. The largest absolute Gasteiger partial charge is 0.368 e. The Bertz CT molecular complexity index is 273. The molecule has 90 valence electrons. The molecular formula is C13H21NO2. The number of nitrogens with one attached hydrogen (secondary N) is 1. The molecule has 3 heteroatoms. The number of Topliss-reactive ketones (excluding diaryl/α,β-unsaturated/α-hetero) is 1. The van der Waals surface area contributed by atoms with E-state index in [4.69, 9.17) is 4.74 Å². The maximum Gasteiger partial charge on any atom is 0.163 e.